The van der Waals surface area contributed by atoms with Gasteiger partial charge in [-0.1, -0.05) is 17.8 Å². The average molecular weight is 444 g/mol. The number of carbonyl (C=O) groups is 2. The summed E-state index contributed by atoms with van der Waals surface area (Å²) < 4.78 is 7.14. The van der Waals surface area contributed by atoms with Gasteiger partial charge in [0.15, 0.2) is 5.16 Å². The van der Waals surface area contributed by atoms with Crippen LogP contribution in [0.25, 0.3) is 0 Å². The first kappa shape index (κ1) is 22.0. The van der Waals surface area contributed by atoms with Crippen LogP contribution < -0.4 is 11.1 Å². The minimum atomic E-state index is -0.496. The maximum absolute atomic E-state index is 12.4. The smallest absolute Gasteiger partial charge is 0.274 e. The van der Waals surface area contributed by atoms with Gasteiger partial charge < -0.3 is 15.5 Å². The first-order valence-electron chi connectivity index (χ1n) is 9.24. The van der Waals surface area contributed by atoms with Crippen LogP contribution in [0.3, 0.4) is 0 Å². The van der Waals surface area contributed by atoms with Crippen molar-refractivity contribution >= 4 is 35.0 Å². The van der Waals surface area contributed by atoms with Crippen molar-refractivity contribution in [1.82, 2.24) is 14.8 Å². The zero-order valence-corrected chi connectivity index (χ0v) is 17.4. The molecule has 12 heteroatoms. The van der Waals surface area contributed by atoms with Gasteiger partial charge in [0.05, 0.1) is 23.5 Å². The number of nitrogens with two attached hydrogens (primary N) is 1. The molecule has 0 spiro atoms. The van der Waals surface area contributed by atoms with Crippen molar-refractivity contribution in [3.05, 3.63) is 63.9 Å². The van der Waals surface area contributed by atoms with Crippen LogP contribution in [0.1, 0.15) is 23.6 Å². The second-order valence-corrected chi connectivity index (χ2v) is 7.57. The highest BCUT2D eigenvalue weighted by Gasteiger charge is 2.17. The van der Waals surface area contributed by atoms with Gasteiger partial charge in [-0.05, 0) is 25.1 Å². The van der Waals surface area contributed by atoms with Crippen molar-refractivity contribution < 1.29 is 18.9 Å². The predicted molar refractivity (Wildman–Crippen MR) is 113 cm³/mol. The molecule has 2 amide bonds. The number of carbonyl (C=O) groups excluding carboxylic acids is 2. The molecule has 0 saturated heterocycles. The molecule has 162 valence electrons. The summed E-state index contributed by atoms with van der Waals surface area (Å²) in [6.45, 7) is 1.96. The zero-order chi connectivity index (χ0) is 22.4. The lowest BCUT2D eigenvalue weighted by molar-refractivity contribution is -0.385. The van der Waals surface area contributed by atoms with Gasteiger partial charge in [0, 0.05) is 30.2 Å². The monoisotopic (exact) mass is 444 g/mol. The second kappa shape index (κ2) is 9.89. The van der Waals surface area contributed by atoms with E-state index in [2.05, 4.69) is 15.5 Å². The number of hydrogen-bond donors (Lipinski definition) is 2. The van der Waals surface area contributed by atoms with E-state index < -0.39 is 10.8 Å². The number of aryl methyl sites for hydroxylation is 2. The molecule has 2 heterocycles. The van der Waals surface area contributed by atoms with Gasteiger partial charge in [-0.3, -0.25) is 24.3 Å². The summed E-state index contributed by atoms with van der Waals surface area (Å²) in [4.78, 5) is 34.1. The Bertz CT molecular complexity index is 1100. The molecule has 0 aliphatic rings. The van der Waals surface area contributed by atoms with Gasteiger partial charge in [0.1, 0.15) is 11.6 Å². The summed E-state index contributed by atoms with van der Waals surface area (Å²) in [6.07, 6.45) is 1.97. The zero-order valence-electron chi connectivity index (χ0n) is 16.6. The Kier molecular flexibility index (Phi) is 7.03. The van der Waals surface area contributed by atoms with Crippen LogP contribution in [0.15, 0.2) is 46.2 Å². The van der Waals surface area contributed by atoms with Crippen LogP contribution in [0.5, 0.6) is 0 Å². The summed E-state index contributed by atoms with van der Waals surface area (Å²) in [5.41, 5.74) is 6.00. The lowest BCUT2D eigenvalue weighted by Crippen LogP contribution is -2.16. The molecule has 1 aromatic carbocycles. The number of amides is 2. The summed E-state index contributed by atoms with van der Waals surface area (Å²) in [5.74, 6) is 0.418. The normalized spacial score (nSPS) is 10.7. The fourth-order valence-corrected chi connectivity index (χ4v) is 3.53. The molecule has 31 heavy (non-hydrogen) atoms. The van der Waals surface area contributed by atoms with Gasteiger partial charge in [0.25, 0.3) is 5.69 Å². The van der Waals surface area contributed by atoms with E-state index >= 15 is 0 Å². The van der Waals surface area contributed by atoms with Crippen molar-refractivity contribution in [1.29, 1.82) is 0 Å². The fraction of sp³-hybridized carbons (Fsp3) is 0.263. The summed E-state index contributed by atoms with van der Waals surface area (Å²) in [7, 11) is 0. The van der Waals surface area contributed by atoms with Crippen LogP contribution in [-0.2, 0) is 22.6 Å². The maximum Gasteiger partial charge on any atom is 0.274 e. The van der Waals surface area contributed by atoms with Crippen molar-refractivity contribution in [2.45, 2.75) is 31.5 Å². The van der Waals surface area contributed by atoms with E-state index in [4.69, 9.17) is 10.2 Å². The lowest BCUT2D eigenvalue weighted by Gasteiger charge is -2.09. The molecule has 3 rings (SSSR count). The molecule has 0 radical (unpaired) electrons. The predicted octanol–water partition coefficient (Wildman–Crippen LogP) is 2.28. The Balaban J connectivity index is 1.69. The van der Waals surface area contributed by atoms with E-state index in [0.29, 0.717) is 41.0 Å². The number of furan rings is 1. The van der Waals surface area contributed by atoms with Crippen molar-refractivity contribution in [2.75, 3.05) is 11.1 Å². The number of nitro benzene ring substituents is 1. The third kappa shape index (κ3) is 5.92. The molecule has 3 N–H and O–H groups in total. The van der Waals surface area contributed by atoms with Gasteiger partial charge >= 0.3 is 0 Å². The second-order valence-electron chi connectivity index (χ2n) is 6.63. The molecular formula is C19H20N6O5S. The highest BCUT2D eigenvalue weighted by molar-refractivity contribution is 7.99. The number of aromatic nitrogens is 3. The number of benzene rings is 1. The standard InChI is InChI=1S/C19H20N6O5S/c1-12-4-5-13(9-15(12)25(28)29)21-18(27)11-31-19-23-22-17(7-6-16(20)26)24(19)10-14-3-2-8-30-14/h2-5,8-9H,6-7,10-11H2,1H3,(H2,20,26)(H,21,27). The van der Waals surface area contributed by atoms with E-state index in [9.17, 15) is 19.7 Å². The number of anilines is 1. The van der Waals surface area contributed by atoms with Crippen molar-refractivity contribution in [2.24, 2.45) is 5.73 Å². The number of rotatable bonds is 10. The van der Waals surface area contributed by atoms with Gasteiger partial charge in [-0.2, -0.15) is 0 Å². The van der Waals surface area contributed by atoms with E-state index in [1.54, 1.807) is 42.0 Å². The van der Waals surface area contributed by atoms with Crippen LogP contribution in [0, 0.1) is 17.0 Å². The number of nitrogens with one attached hydrogen (secondary N) is 1. The Morgan fingerprint density at radius 1 is 1.32 bits per heavy atom. The molecule has 3 aromatic rings. The number of nitrogens with zero attached hydrogens (tertiary/aromatic N) is 4. The highest BCUT2D eigenvalue weighted by atomic mass is 32.2. The van der Waals surface area contributed by atoms with Crippen LogP contribution in [-0.4, -0.2) is 37.3 Å². The fourth-order valence-electron chi connectivity index (χ4n) is 2.77. The molecule has 2 aromatic heterocycles. The largest absolute Gasteiger partial charge is 0.467 e. The minimum absolute atomic E-state index is 0.00772. The molecule has 11 nitrogen and oxygen atoms in total. The SMILES string of the molecule is Cc1ccc(NC(=O)CSc2nnc(CCC(N)=O)n2Cc2ccco2)cc1[N+](=O)[O-]. The summed E-state index contributed by atoms with van der Waals surface area (Å²) in [6, 6.07) is 8.05. The Labute approximate surface area is 181 Å². The molecule has 0 aliphatic heterocycles. The van der Waals surface area contributed by atoms with Gasteiger partial charge in [-0.15, -0.1) is 10.2 Å². The van der Waals surface area contributed by atoms with Crippen LogP contribution >= 0.6 is 11.8 Å². The third-order valence-electron chi connectivity index (χ3n) is 4.30. The van der Waals surface area contributed by atoms with E-state index in [-0.39, 0.29) is 23.8 Å². The summed E-state index contributed by atoms with van der Waals surface area (Å²) in [5, 5.41) is 22.4. The van der Waals surface area contributed by atoms with E-state index in [0.717, 1.165) is 11.8 Å². The third-order valence-corrected chi connectivity index (χ3v) is 5.27. The van der Waals surface area contributed by atoms with Crippen LogP contribution in [0.2, 0.25) is 0 Å². The summed E-state index contributed by atoms with van der Waals surface area (Å²) >= 11 is 1.15. The first-order chi connectivity index (χ1) is 14.8. The first-order valence-corrected chi connectivity index (χ1v) is 10.2. The van der Waals surface area contributed by atoms with Crippen LogP contribution in [0.4, 0.5) is 11.4 Å². The molecule has 0 fully saturated rings. The average Bonchev–Trinajstić information content (AvgIpc) is 3.36. The molecule has 0 atom stereocenters. The number of hydrogen-bond acceptors (Lipinski definition) is 8. The maximum atomic E-state index is 12.4. The van der Waals surface area contributed by atoms with E-state index in [1.807, 2.05) is 0 Å². The Hall–Kier alpha value is -3.67. The minimum Gasteiger partial charge on any atom is -0.467 e. The molecular weight excluding hydrogens is 424 g/mol. The van der Waals surface area contributed by atoms with Crippen molar-refractivity contribution in [3.8, 4) is 0 Å². The number of primary amides is 1. The van der Waals surface area contributed by atoms with Crippen molar-refractivity contribution in [3.63, 3.8) is 0 Å². The topological polar surface area (TPSA) is 159 Å². The van der Waals surface area contributed by atoms with Gasteiger partial charge in [0.2, 0.25) is 11.8 Å². The lowest BCUT2D eigenvalue weighted by atomic mass is 10.2. The molecule has 0 bridgehead atoms. The quantitative estimate of drug-likeness (QED) is 0.274. The van der Waals surface area contributed by atoms with E-state index in [1.165, 1.54) is 6.07 Å². The Morgan fingerprint density at radius 2 is 2.13 bits per heavy atom. The molecule has 0 unspecified atom stereocenters. The molecule has 0 saturated carbocycles. The number of nitro groups is 1. The highest BCUT2D eigenvalue weighted by Crippen LogP contribution is 2.23. The molecule has 0 aliphatic carbocycles. The van der Waals surface area contributed by atoms with Gasteiger partial charge in [-0.25, -0.2) is 0 Å². The Morgan fingerprint density at radius 3 is 2.81 bits per heavy atom. The number of thioether (sulfide) groups is 1.